The number of hydrogen-bond donors (Lipinski definition) is 0. The van der Waals surface area contributed by atoms with Crippen molar-refractivity contribution in [3.63, 3.8) is 0 Å². The molecule has 0 aliphatic heterocycles. The van der Waals surface area contributed by atoms with E-state index in [1.165, 1.54) is 6.07 Å². The Hall–Kier alpha value is -1.07. The highest BCUT2D eigenvalue weighted by atomic mass is 35.5. The zero-order chi connectivity index (χ0) is 10.0. The average Bonchev–Trinajstić information content (AvgIpc) is 2.10. The van der Waals surface area contributed by atoms with Crippen LogP contribution in [0.15, 0.2) is 12.1 Å². The van der Waals surface area contributed by atoms with Crippen LogP contribution in [0, 0.1) is 24.1 Å². The van der Waals surface area contributed by atoms with Crippen molar-refractivity contribution in [3.8, 4) is 6.07 Å². The van der Waals surface area contributed by atoms with E-state index >= 15 is 0 Å². The zero-order valence-electron chi connectivity index (χ0n) is 7.44. The van der Waals surface area contributed by atoms with E-state index in [1.807, 2.05) is 6.92 Å². The Morgan fingerprint density at radius 3 is 2.69 bits per heavy atom. The molecule has 0 aromatic heterocycles. The highest BCUT2D eigenvalue weighted by Gasteiger charge is 2.10. The van der Waals surface area contributed by atoms with Gasteiger partial charge in [0.15, 0.2) is 0 Å². The zero-order valence-corrected chi connectivity index (χ0v) is 8.19. The summed E-state index contributed by atoms with van der Waals surface area (Å²) in [4.78, 5) is 0. The van der Waals surface area contributed by atoms with Crippen LogP contribution < -0.4 is 0 Å². The minimum Gasteiger partial charge on any atom is -0.205 e. The van der Waals surface area contributed by atoms with Crippen molar-refractivity contribution in [3.05, 3.63) is 34.1 Å². The van der Waals surface area contributed by atoms with Gasteiger partial charge in [-0.25, -0.2) is 4.39 Å². The van der Waals surface area contributed by atoms with Gasteiger partial charge in [0.1, 0.15) is 5.82 Å². The molecule has 0 N–H and O–H groups in total. The quantitative estimate of drug-likeness (QED) is 0.677. The third kappa shape index (κ3) is 1.99. The standard InChI is InChI=1S/C10H9ClFN/c1-6-3-9(11)10(12)4-8(6)7(2)5-13/h3-4,7H,1-2H3. The molecule has 68 valence electrons. The van der Waals surface area contributed by atoms with Gasteiger partial charge in [-0.15, -0.1) is 0 Å². The summed E-state index contributed by atoms with van der Waals surface area (Å²) in [5.41, 5.74) is 1.55. The maximum absolute atomic E-state index is 13.0. The van der Waals surface area contributed by atoms with E-state index in [-0.39, 0.29) is 10.9 Å². The monoisotopic (exact) mass is 197 g/mol. The Bertz CT molecular complexity index is 368. The molecule has 0 spiro atoms. The molecule has 0 saturated carbocycles. The molecule has 0 amide bonds. The summed E-state index contributed by atoms with van der Waals surface area (Å²) in [6, 6.07) is 4.93. The fraction of sp³-hybridized carbons (Fsp3) is 0.300. The maximum Gasteiger partial charge on any atom is 0.142 e. The molecule has 1 nitrogen and oxygen atoms in total. The second kappa shape index (κ2) is 3.76. The van der Waals surface area contributed by atoms with Crippen molar-refractivity contribution in [2.45, 2.75) is 19.8 Å². The third-order valence-electron chi connectivity index (χ3n) is 1.97. The van der Waals surface area contributed by atoms with Gasteiger partial charge < -0.3 is 0 Å². The summed E-state index contributed by atoms with van der Waals surface area (Å²) < 4.78 is 13.0. The van der Waals surface area contributed by atoms with Gasteiger partial charge in [-0.3, -0.25) is 0 Å². The van der Waals surface area contributed by atoms with E-state index in [0.717, 1.165) is 5.56 Å². The van der Waals surface area contributed by atoms with Crippen LogP contribution in [0.4, 0.5) is 4.39 Å². The Balaban J connectivity index is 3.25. The molecule has 0 saturated heterocycles. The lowest BCUT2D eigenvalue weighted by Crippen LogP contribution is -1.95. The molecule has 0 aliphatic rings. The summed E-state index contributed by atoms with van der Waals surface area (Å²) in [6.45, 7) is 3.55. The first-order valence-corrected chi connectivity index (χ1v) is 4.29. The molecule has 13 heavy (non-hydrogen) atoms. The van der Waals surface area contributed by atoms with Crippen molar-refractivity contribution in [1.82, 2.24) is 0 Å². The van der Waals surface area contributed by atoms with Crippen molar-refractivity contribution in [2.75, 3.05) is 0 Å². The summed E-state index contributed by atoms with van der Waals surface area (Å²) in [7, 11) is 0. The topological polar surface area (TPSA) is 23.8 Å². The average molecular weight is 198 g/mol. The molecule has 0 radical (unpaired) electrons. The van der Waals surface area contributed by atoms with Gasteiger partial charge in [0.05, 0.1) is 17.0 Å². The number of rotatable bonds is 1. The molecule has 1 unspecified atom stereocenters. The lowest BCUT2D eigenvalue weighted by atomic mass is 9.98. The van der Waals surface area contributed by atoms with Gasteiger partial charge in [0, 0.05) is 0 Å². The van der Waals surface area contributed by atoms with Crippen LogP contribution in [-0.4, -0.2) is 0 Å². The highest BCUT2D eigenvalue weighted by molar-refractivity contribution is 6.30. The van der Waals surface area contributed by atoms with Crippen LogP contribution in [0.3, 0.4) is 0 Å². The van der Waals surface area contributed by atoms with Crippen molar-refractivity contribution < 1.29 is 4.39 Å². The van der Waals surface area contributed by atoms with E-state index in [2.05, 4.69) is 6.07 Å². The fourth-order valence-electron chi connectivity index (χ4n) is 1.20. The molecule has 1 aromatic rings. The third-order valence-corrected chi connectivity index (χ3v) is 2.26. The Morgan fingerprint density at radius 1 is 1.54 bits per heavy atom. The van der Waals surface area contributed by atoms with Gasteiger partial charge in [-0.05, 0) is 37.1 Å². The van der Waals surface area contributed by atoms with Gasteiger partial charge in [0.2, 0.25) is 0 Å². The van der Waals surface area contributed by atoms with Crippen LogP contribution in [0.1, 0.15) is 24.0 Å². The van der Waals surface area contributed by atoms with Crippen molar-refractivity contribution >= 4 is 11.6 Å². The lowest BCUT2D eigenvalue weighted by molar-refractivity contribution is 0.624. The number of hydrogen-bond acceptors (Lipinski definition) is 1. The predicted molar refractivity (Wildman–Crippen MR) is 50.2 cm³/mol. The largest absolute Gasteiger partial charge is 0.205 e. The molecule has 0 fully saturated rings. The first kappa shape index (κ1) is 10.0. The predicted octanol–water partition coefficient (Wildman–Crippen LogP) is 3.41. The molecular weight excluding hydrogens is 189 g/mol. The molecule has 0 heterocycles. The molecule has 1 atom stereocenters. The van der Waals surface area contributed by atoms with Crippen LogP contribution in [0.2, 0.25) is 5.02 Å². The van der Waals surface area contributed by atoms with Crippen LogP contribution in [-0.2, 0) is 0 Å². The second-order valence-corrected chi connectivity index (χ2v) is 3.38. The lowest BCUT2D eigenvalue weighted by Gasteiger charge is -2.08. The van der Waals surface area contributed by atoms with Gasteiger partial charge >= 0.3 is 0 Å². The van der Waals surface area contributed by atoms with E-state index in [9.17, 15) is 4.39 Å². The highest BCUT2D eigenvalue weighted by Crippen LogP contribution is 2.24. The van der Waals surface area contributed by atoms with E-state index in [1.54, 1.807) is 13.0 Å². The summed E-state index contributed by atoms with van der Waals surface area (Å²) >= 11 is 5.58. The number of aryl methyl sites for hydroxylation is 1. The van der Waals surface area contributed by atoms with E-state index < -0.39 is 5.82 Å². The first-order chi connectivity index (χ1) is 6.06. The minimum absolute atomic E-state index is 0.103. The van der Waals surface area contributed by atoms with Crippen LogP contribution in [0.25, 0.3) is 0 Å². The smallest absolute Gasteiger partial charge is 0.142 e. The molecule has 3 heteroatoms. The Labute approximate surface area is 81.8 Å². The normalized spacial score (nSPS) is 12.2. The van der Waals surface area contributed by atoms with Crippen molar-refractivity contribution in [1.29, 1.82) is 5.26 Å². The van der Waals surface area contributed by atoms with Crippen LogP contribution >= 0.6 is 11.6 Å². The summed E-state index contributed by atoms with van der Waals surface area (Å²) in [5, 5.41) is 8.77. The fourth-order valence-corrected chi connectivity index (χ4v) is 1.42. The number of nitrogens with zero attached hydrogens (tertiary/aromatic N) is 1. The molecule has 0 aliphatic carbocycles. The maximum atomic E-state index is 13.0. The van der Waals surface area contributed by atoms with Gasteiger partial charge in [-0.2, -0.15) is 5.26 Å². The van der Waals surface area contributed by atoms with Gasteiger partial charge in [0.25, 0.3) is 0 Å². The number of benzene rings is 1. The van der Waals surface area contributed by atoms with E-state index in [4.69, 9.17) is 16.9 Å². The van der Waals surface area contributed by atoms with Crippen molar-refractivity contribution in [2.24, 2.45) is 0 Å². The first-order valence-electron chi connectivity index (χ1n) is 3.91. The SMILES string of the molecule is Cc1cc(Cl)c(F)cc1C(C)C#N. The van der Waals surface area contributed by atoms with E-state index in [0.29, 0.717) is 5.56 Å². The number of halogens is 2. The second-order valence-electron chi connectivity index (χ2n) is 2.97. The molecule has 0 bridgehead atoms. The Morgan fingerprint density at radius 2 is 2.15 bits per heavy atom. The number of nitriles is 1. The molecule has 1 rings (SSSR count). The molecular formula is C10H9ClFN. The summed E-state index contributed by atoms with van der Waals surface area (Å²) in [5.74, 6) is -0.767. The van der Waals surface area contributed by atoms with Crippen LogP contribution in [0.5, 0.6) is 0 Å². The minimum atomic E-state index is -0.468. The summed E-state index contributed by atoms with van der Waals surface area (Å²) in [6.07, 6.45) is 0. The van der Waals surface area contributed by atoms with Gasteiger partial charge in [-0.1, -0.05) is 11.6 Å². The Kier molecular flexibility index (Phi) is 2.90. The molecule has 1 aromatic carbocycles.